The van der Waals surface area contributed by atoms with Crippen molar-refractivity contribution in [1.82, 2.24) is 4.98 Å². The highest BCUT2D eigenvalue weighted by Crippen LogP contribution is 2.35. The molecule has 3 aromatic rings. The largest absolute Gasteiger partial charge is 0.507 e. The number of carbonyl (C=O) groups is 2. The summed E-state index contributed by atoms with van der Waals surface area (Å²) in [5, 5.41) is 23.7. The molecule has 2 aromatic carbocycles. The Morgan fingerprint density at radius 3 is 2.52 bits per heavy atom. The van der Waals surface area contributed by atoms with Crippen LogP contribution in [0.2, 0.25) is 10.0 Å². The number of halogens is 2. The topological polar surface area (TPSA) is 109 Å². The summed E-state index contributed by atoms with van der Waals surface area (Å²) in [5.74, 6) is -2.15. The second kappa shape index (κ2) is 7.69. The van der Waals surface area contributed by atoms with Crippen LogP contribution in [0.25, 0.3) is 10.8 Å². The van der Waals surface area contributed by atoms with Crippen LogP contribution >= 0.6 is 23.2 Å². The fourth-order valence-corrected chi connectivity index (χ4v) is 2.81. The molecule has 27 heavy (non-hydrogen) atoms. The molecule has 0 radical (unpaired) electrons. The normalized spacial score (nSPS) is 10.6. The number of phenols is 2. The Labute approximate surface area is 163 Å². The Morgan fingerprint density at radius 2 is 1.81 bits per heavy atom. The zero-order valence-electron chi connectivity index (χ0n) is 13.6. The first kappa shape index (κ1) is 18.8. The van der Waals surface area contributed by atoms with E-state index in [9.17, 15) is 19.8 Å². The number of aromatic nitrogens is 1. The van der Waals surface area contributed by atoms with Gasteiger partial charge in [-0.25, -0.2) is 9.78 Å². The van der Waals surface area contributed by atoms with Crippen LogP contribution in [0.4, 0.5) is 5.82 Å². The van der Waals surface area contributed by atoms with Gasteiger partial charge in [0, 0.05) is 17.0 Å². The summed E-state index contributed by atoms with van der Waals surface area (Å²) in [6, 6.07) is 8.94. The fourth-order valence-electron chi connectivity index (χ4n) is 2.38. The minimum atomic E-state index is -0.973. The maximum atomic E-state index is 12.2. The van der Waals surface area contributed by atoms with Gasteiger partial charge in [0.2, 0.25) is 0 Å². The average Bonchev–Trinajstić information content (AvgIpc) is 2.65. The Bertz CT molecular complexity index is 1060. The number of benzene rings is 2. The van der Waals surface area contributed by atoms with Gasteiger partial charge < -0.3 is 20.3 Å². The predicted molar refractivity (Wildman–Crippen MR) is 100 cm³/mol. The standard InChI is InChI=1S/C18H12Cl2N2O5/c19-9-5-13(20)17(21-7-9)22-15(24)8-27-18(26)12-6-14(23)10-3-1-2-4-11(10)16(12)25/h1-7,23,25H,8H2,(H,21,22,24). The highest BCUT2D eigenvalue weighted by Gasteiger charge is 2.19. The maximum absolute atomic E-state index is 12.2. The van der Waals surface area contributed by atoms with Crippen LogP contribution in [-0.4, -0.2) is 33.7 Å². The molecule has 138 valence electrons. The first-order valence-electron chi connectivity index (χ1n) is 7.58. The number of hydrogen-bond donors (Lipinski definition) is 3. The van der Waals surface area contributed by atoms with Crippen LogP contribution in [0.1, 0.15) is 10.4 Å². The predicted octanol–water partition coefficient (Wildman–Crippen LogP) is 3.75. The number of amides is 1. The lowest BCUT2D eigenvalue weighted by Crippen LogP contribution is -2.21. The van der Waals surface area contributed by atoms with E-state index < -0.39 is 18.5 Å². The van der Waals surface area contributed by atoms with Crippen molar-refractivity contribution in [2.45, 2.75) is 0 Å². The second-order valence-electron chi connectivity index (χ2n) is 5.45. The Balaban J connectivity index is 1.71. The molecule has 1 heterocycles. The zero-order chi connectivity index (χ0) is 19.6. The Hall–Kier alpha value is -3.03. The molecule has 0 aliphatic carbocycles. The summed E-state index contributed by atoms with van der Waals surface area (Å²) in [6.45, 7) is -0.646. The molecule has 0 bridgehead atoms. The number of nitrogens with one attached hydrogen (secondary N) is 1. The summed E-state index contributed by atoms with van der Waals surface area (Å²) in [6.07, 6.45) is 1.30. The molecule has 3 rings (SSSR count). The number of ether oxygens (including phenoxy) is 1. The molecule has 7 nitrogen and oxygen atoms in total. The maximum Gasteiger partial charge on any atom is 0.342 e. The van der Waals surface area contributed by atoms with Crippen LogP contribution in [0.5, 0.6) is 11.5 Å². The number of phenolic OH excluding ortho intramolecular Hbond substituents is 2. The lowest BCUT2D eigenvalue weighted by atomic mass is 10.0. The Kier molecular flexibility index (Phi) is 5.34. The van der Waals surface area contributed by atoms with E-state index in [1.807, 2.05) is 0 Å². The summed E-state index contributed by atoms with van der Waals surface area (Å²) in [5.41, 5.74) is -0.262. The quantitative estimate of drug-likeness (QED) is 0.449. The third-order valence-corrected chi connectivity index (χ3v) is 4.11. The molecule has 0 aliphatic rings. The van der Waals surface area contributed by atoms with Crippen LogP contribution in [0, 0.1) is 0 Å². The summed E-state index contributed by atoms with van der Waals surface area (Å²) >= 11 is 11.6. The number of esters is 1. The number of hydrogen-bond acceptors (Lipinski definition) is 6. The van der Waals surface area contributed by atoms with Gasteiger partial charge in [0.05, 0.1) is 10.0 Å². The highest BCUT2D eigenvalue weighted by molar-refractivity contribution is 6.36. The monoisotopic (exact) mass is 406 g/mol. The van der Waals surface area contributed by atoms with E-state index in [1.54, 1.807) is 24.3 Å². The van der Waals surface area contributed by atoms with E-state index >= 15 is 0 Å². The van der Waals surface area contributed by atoms with Crippen molar-refractivity contribution in [1.29, 1.82) is 0 Å². The Morgan fingerprint density at radius 1 is 1.11 bits per heavy atom. The van der Waals surface area contributed by atoms with Crippen molar-refractivity contribution >= 4 is 51.7 Å². The number of anilines is 1. The van der Waals surface area contributed by atoms with Crippen molar-refractivity contribution in [2.24, 2.45) is 0 Å². The van der Waals surface area contributed by atoms with Crippen molar-refractivity contribution in [2.75, 3.05) is 11.9 Å². The average molecular weight is 407 g/mol. The third kappa shape index (κ3) is 4.05. The first-order chi connectivity index (χ1) is 12.9. The van der Waals surface area contributed by atoms with Gasteiger partial charge in [-0.3, -0.25) is 4.79 Å². The van der Waals surface area contributed by atoms with Crippen molar-refractivity contribution in [3.05, 3.63) is 58.2 Å². The van der Waals surface area contributed by atoms with E-state index in [1.165, 1.54) is 12.3 Å². The molecule has 0 saturated carbocycles. The molecular formula is C18H12Cl2N2O5. The molecular weight excluding hydrogens is 395 g/mol. The molecule has 0 spiro atoms. The first-order valence-corrected chi connectivity index (χ1v) is 8.34. The summed E-state index contributed by atoms with van der Waals surface area (Å²) < 4.78 is 4.89. The van der Waals surface area contributed by atoms with E-state index in [-0.39, 0.29) is 33.3 Å². The van der Waals surface area contributed by atoms with Crippen molar-refractivity contribution in [3.8, 4) is 11.5 Å². The number of rotatable bonds is 4. The molecule has 0 aliphatic heterocycles. The molecule has 0 saturated heterocycles. The van der Waals surface area contributed by atoms with Crippen LogP contribution in [0.3, 0.4) is 0 Å². The molecule has 0 atom stereocenters. The smallest absolute Gasteiger partial charge is 0.342 e. The lowest BCUT2D eigenvalue weighted by molar-refractivity contribution is -0.119. The number of aromatic hydroxyl groups is 2. The number of pyridine rings is 1. The van der Waals surface area contributed by atoms with Gasteiger partial charge in [-0.1, -0.05) is 47.5 Å². The zero-order valence-corrected chi connectivity index (χ0v) is 15.1. The van der Waals surface area contributed by atoms with Crippen molar-refractivity contribution < 1.29 is 24.5 Å². The highest BCUT2D eigenvalue weighted by atomic mass is 35.5. The van der Waals surface area contributed by atoms with Gasteiger partial charge in [-0.05, 0) is 12.1 Å². The molecule has 0 unspecified atom stereocenters. The second-order valence-corrected chi connectivity index (χ2v) is 6.29. The minimum absolute atomic E-state index is 0.0633. The van der Waals surface area contributed by atoms with Gasteiger partial charge in [-0.2, -0.15) is 0 Å². The fraction of sp³-hybridized carbons (Fsp3) is 0.0556. The number of carbonyl (C=O) groups excluding carboxylic acids is 2. The molecule has 9 heteroatoms. The van der Waals surface area contributed by atoms with E-state index in [2.05, 4.69) is 10.3 Å². The molecule has 3 N–H and O–H groups in total. The van der Waals surface area contributed by atoms with Gasteiger partial charge in [0.1, 0.15) is 17.1 Å². The SMILES string of the molecule is O=C(COC(=O)c1cc(O)c2ccccc2c1O)Nc1ncc(Cl)cc1Cl. The van der Waals surface area contributed by atoms with E-state index in [0.717, 1.165) is 6.07 Å². The van der Waals surface area contributed by atoms with Gasteiger partial charge in [0.25, 0.3) is 5.91 Å². The van der Waals surface area contributed by atoms with Crippen molar-refractivity contribution in [3.63, 3.8) is 0 Å². The van der Waals surface area contributed by atoms with Gasteiger partial charge in [-0.15, -0.1) is 0 Å². The molecule has 0 fully saturated rings. The lowest BCUT2D eigenvalue weighted by Gasteiger charge is -2.10. The molecule has 1 amide bonds. The van der Waals surface area contributed by atoms with E-state index in [4.69, 9.17) is 27.9 Å². The summed E-state index contributed by atoms with van der Waals surface area (Å²) in [4.78, 5) is 28.0. The van der Waals surface area contributed by atoms with Crippen LogP contribution in [0.15, 0.2) is 42.6 Å². The summed E-state index contributed by atoms with van der Waals surface area (Å²) in [7, 11) is 0. The van der Waals surface area contributed by atoms with Crippen LogP contribution < -0.4 is 5.32 Å². The van der Waals surface area contributed by atoms with Gasteiger partial charge >= 0.3 is 5.97 Å². The third-order valence-electron chi connectivity index (χ3n) is 3.61. The minimum Gasteiger partial charge on any atom is -0.507 e. The molecule has 1 aromatic heterocycles. The number of nitrogens with zero attached hydrogens (tertiary/aromatic N) is 1. The number of fused-ring (bicyclic) bond motifs is 1. The van der Waals surface area contributed by atoms with Gasteiger partial charge in [0.15, 0.2) is 12.4 Å². The van der Waals surface area contributed by atoms with E-state index in [0.29, 0.717) is 10.4 Å². The van der Waals surface area contributed by atoms with Crippen LogP contribution in [-0.2, 0) is 9.53 Å².